The molecule has 0 saturated heterocycles. The second-order valence-corrected chi connectivity index (χ2v) is 4.46. The molecule has 0 fully saturated rings. The summed E-state index contributed by atoms with van der Waals surface area (Å²) >= 11 is 1.66. The van der Waals surface area contributed by atoms with E-state index in [1.807, 2.05) is 48.7 Å². The van der Waals surface area contributed by atoms with Crippen LogP contribution in [0.4, 0.5) is 0 Å². The Kier molecular flexibility index (Phi) is 3.49. The molecule has 0 radical (unpaired) electrons. The van der Waals surface area contributed by atoms with E-state index in [0.29, 0.717) is 5.56 Å². The zero-order chi connectivity index (χ0) is 12.3. The maximum absolute atomic E-state index is 11.4. The van der Waals surface area contributed by atoms with Gasteiger partial charge in [-0.1, -0.05) is 36.4 Å². The number of thioether (sulfide) groups is 1. The van der Waals surface area contributed by atoms with Crippen molar-refractivity contribution in [3.05, 3.63) is 54.1 Å². The summed E-state index contributed by atoms with van der Waals surface area (Å²) in [6.07, 6.45) is 2.02. The lowest BCUT2D eigenvalue weighted by Gasteiger charge is -2.10. The Hall–Kier alpha value is -1.74. The van der Waals surface area contributed by atoms with Crippen LogP contribution in [0.1, 0.15) is 10.4 Å². The molecule has 0 spiro atoms. The third-order valence-corrected chi connectivity index (χ3v) is 3.39. The summed E-state index contributed by atoms with van der Waals surface area (Å²) in [5.41, 5.74) is 7.91. The number of nitrogens with two attached hydrogens (primary N) is 1. The number of rotatable bonds is 3. The largest absolute Gasteiger partial charge is 0.366 e. The molecule has 0 unspecified atom stereocenters. The summed E-state index contributed by atoms with van der Waals surface area (Å²) in [4.78, 5) is 12.6. The highest BCUT2D eigenvalue weighted by molar-refractivity contribution is 7.98. The third-order valence-electron chi connectivity index (χ3n) is 2.59. The highest BCUT2D eigenvalue weighted by atomic mass is 32.2. The van der Waals surface area contributed by atoms with Gasteiger partial charge in [-0.25, -0.2) is 0 Å². The Bertz CT molecular complexity index is 551. The molecule has 17 heavy (non-hydrogen) atoms. The number of carbonyl (C=O) groups is 1. The molecule has 0 aromatic heterocycles. The lowest BCUT2D eigenvalue weighted by Crippen LogP contribution is -2.12. The normalized spacial score (nSPS) is 10.2. The van der Waals surface area contributed by atoms with Crippen molar-refractivity contribution in [3.8, 4) is 11.1 Å². The molecule has 0 aliphatic heterocycles. The molecule has 0 bridgehead atoms. The molecule has 0 aliphatic rings. The quantitative estimate of drug-likeness (QED) is 0.841. The molecular weight excluding hydrogens is 230 g/mol. The van der Waals surface area contributed by atoms with Crippen LogP contribution in [0, 0.1) is 0 Å². The van der Waals surface area contributed by atoms with E-state index in [1.54, 1.807) is 17.8 Å². The van der Waals surface area contributed by atoms with Crippen LogP contribution in [-0.2, 0) is 0 Å². The van der Waals surface area contributed by atoms with Crippen LogP contribution < -0.4 is 5.73 Å². The predicted octanol–water partition coefficient (Wildman–Crippen LogP) is 3.17. The van der Waals surface area contributed by atoms with Crippen LogP contribution in [0.2, 0.25) is 0 Å². The highest BCUT2D eigenvalue weighted by Gasteiger charge is 2.11. The number of benzene rings is 2. The second-order valence-electron chi connectivity index (χ2n) is 3.61. The van der Waals surface area contributed by atoms with E-state index in [1.165, 1.54) is 0 Å². The van der Waals surface area contributed by atoms with Crippen molar-refractivity contribution in [2.24, 2.45) is 5.73 Å². The Labute approximate surface area is 105 Å². The van der Waals surface area contributed by atoms with Gasteiger partial charge in [-0.05, 0) is 29.5 Å². The fraction of sp³-hybridized carbons (Fsp3) is 0.0714. The van der Waals surface area contributed by atoms with Gasteiger partial charge in [0.2, 0.25) is 5.91 Å². The van der Waals surface area contributed by atoms with Crippen LogP contribution in [-0.4, -0.2) is 12.2 Å². The Morgan fingerprint density at radius 2 is 1.59 bits per heavy atom. The minimum Gasteiger partial charge on any atom is -0.366 e. The summed E-state index contributed by atoms with van der Waals surface area (Å²) in [6.45, 7) is 0. The van der Waals surface area contributed by atoms with E-state index in [2.05, 4.69) is 0 Å². The van der Waals surface area contributed by atoms with Gasteiger partial charge >= 0.3 is 0 Å². The van der Waals surface area contributed by atoms with Crippen LogP contribution >= 0.6 is 11.8 Å². The second kappa shape index (κ2) is 5.06. The summed E-state index contributed by atoms with van der Waals surface area (Å²) in [5, 5.41) is 0. The number of amides is 1. The molecule has 0 aliphatic carbocycles. The van der Waals surface area contributed by atoms with E-state index < -0.39 is 5.91 Å². The summed E-state index contributed by atoms with van der Waals surface area (Å²) in [7, 11) is 0. The van der Waals surface area contributed by atoms with Crippen LogP contribution in [0.3, 0.4) is 0 Å². The average molecular weight is 243 g/mol. The van der Waals surface area contributed by atoms with E-state index in [9.17, 15) is 4.79 Å². The summed E-state index contributed by atoms with van der Waals surface area (Å²) in [6, 6.07) is 15.4. The zero-order valence-electron chi connectivity index (χ0n) is 9.51. The molecule has 2 rings (SSSR count). The summed E-state index contributed by atoms with van der Waals surface area (Å²) < 4.78 is 0. The van der Waals surface area contributed by atoms with Gasteiger partial charge in [0.1, 0.15) is 0 Å². The molecule has 2 N–H and O–H groups in total. The molecule has 0 saturated carbocycles. The lowest BCUT2D eigenvalue weighted by molar-refractivity contribution is 0.100. The van der Waals surface area contributed by atoms with Gasteiger partial charge in [-0.3, -0.25) is 4.79 Å². The zero-order valence-corrected chi connectivity index (χ0v) is 10.3. The van der Waals surface area contributed by atoms with Gasteiger partial charge in [0.25, 0.3) is 0 Å². The molecular formula is C14H13NOS. The van der Waals surface area contributed by atoms with Crippen molar-refractivity contribution in [2.45, 2.75) is 4.90 Å². The molecule has 2 nitrogen and oxygen atoms in total. The lowest BCUT2D eigenvalue weighted by atomic mass is 9.99. The smallest absolute Gasteiger partial charge is 0.249 e. The Morgan fingerprint density at radius 1 is 1.00 bits per heavy atom. The topological polar surface area (TPSA) is 43.1 Å². The van der Waals surface area contributed by atoms with Gasteiger partial charge < -0.3 is 5.73 Å². The molecule has 0 atom stereocenters. The fourth-order valence-electron chi connectivity index (χ4n) is 1.80. The van der Waals surface area contributed by atoms with Crippen LogP contribution in [0.5, 0.6) is 0 Å². The molecule has 0 heterocycles. The number of hydrogen-bond acceptors (Lipinski definition) is 2. The molecule has 2 aromatic carbocycles. The number of hydrogen-bond donors (Lipinski definition) is 1. The van der Waals surface area contributed by atoms with Crippen molar-refractivity contribution in [1.29, 1.82) is 0 Å². The Balaban J connectivity index is 2.64. The van der Waals surface area contributed by atoms with E-state index in [4.69, 9.17) is 5.73 Å². The minimum absolute atomic E-state index is 0.392. The highest BCUT2D eigenvalue weighted by Crippen LogP contribution is 2.31. The number of primary amides is 1. The van der Waals surface area contributed by atoms with Crippen molar-refractivity contribution >= 4 is 17.7 Å². The van der Waals surface area contributed by atoms with Gasteiger partial charge in [0, 0.05) is 10.5 Å². The van der Waals surface area contributed by atoms with Gasteiger partial charge in [-0.2, -0.15) is 0 Å². The van der Waals surface area contributed by atoms with Gasteiger partial charge in [-0.15, -0.1) is 11.8 Å². The fourth-order valence-corrected chi connectivity index (χ4v) is 2.41. The monoisotopic (exact) mass is 243 g/mol. The molecule has 2 aromatic rings. The van der Waals surface area contributed by atoms with Crippen molar-refractivity contribution in [2.75, 3.05) is 6.26 Å². The summed E-state index contributed by atoms with van der Waals surface area (Å²) in [5.74, 6) is -0.392. The van der Waals surface area contributed by atoms with Crippen molar-refractivity contribution < 1.29 is 4.79 Å². The predicted molar refractivity (Wildman–Crippen MR) is 72.2 cm³/mol. The first kappa shape index (κ1) is 11.7. The van der Waals surface area contributed by atoms with Gasteiger partial charge in [0.05, 0.1) is 0 Å². The molecule has 86 valence electrons. The average Bonchev–Trinajstić information content (AvgIpc) is 2.38. The molecule has 3 heteroatoms. The van der Waals surface area contributed by atoms with Crippen molar-refractivity contribution in [1.82, 2.24) is 0 Å². The first-order chi connectivity index (χ1) is 8.24. The van der Waals surface area contributed by atoms with E-state index in [-0.39, 0.29) is 0 Å². The standard InChI is InChI=1S/C14H13NOS/c1-17-13-9-5-4-7-11(13)10-6-2-3-8-12(10)14(15)16/h2-9H,1H3,(H2,15,16). The van der Waals surface area contributed by atoms with Crippen LogP contribution in [0.15, 0.2) is 53.4 Å². The first-order valence-electron chi connectivity index (χ1n) is 5.26. The minimum atomic E-state index is -0.392. The Morgan fingerprint density at radius 3 is 2.24 bits per heavy atom. The molecule has 1 amide bonds. The van der Waals surface area contributed by atoms with Gasteiger partial charge in [0.15, 0.2) is 0 Å². The maximum Gasteiger partial charge on any atom is 0.249 e. The van der Waals surface area contributed by atoms with E-state index in [0.717, 1.165) is 16.0 Å². The van der Waals surface area contributed by atoms with E-state index >= 15 is 0 Å². The first-order valence-corrected chi connectivity index (χ1v) is 6.48. The van der Waals surface area contributed by atoms with Crippen LogP contribution in [0.25, 0.3) is 11.1 Å². The number of carbonyl (C=O) groups excluding carboxylic acids is 1. The third kappa shape index (κ3) is 2.34. The SMILES string of the molecule is CSc1ccccc1-c1ccccc1C(N)=O. The maximum atomic E-state index is 11.4. The van der Waals surface area contributed by atoms with Crippen molar-refractivity contribution in [3.63, 3.8) is 0 Å².